The molecule has 2 aromatic rings. The second-order valence-electron chi connectivity index (χ2n) is 3.26. The van der Waals surface area contributed by atoms with E-state index in [-0.39, 0.29) is 0 Å². The molecule has 0 aliphatic rings. The summed E-state index contributed by atoms with van der Waals surface area (Å²) >= 11 is 1.80. The third kappa shape index (κ3) is 2.33. The lowest BCUT2D eigenvalue weighted by Crippen LogP contribution is -1.82. The highest BCUT2D eigenvalue weighted by atomic mass is 32.2. The van der Waals surface area contributed by atoms with Gasteiger partial charge in [0.05, 0.1) is 11.9 Å². The molecule has 0 unspecified atom stereocenters. The molecule has 1 aromatic heterocycles. The van der Waals surface area contributed by atoms with Gasteiger partial charge in [0.2, 0.25) is 0 Å². The van der Waals surface area contributed by atoms with Crippen LogP contribution in [-0.2, 0) is 0 Å². The van der Waals surface area contributed by atoms with Gasteiger partial charge in [-0.3, -0.25) is 4.79 Å². The van der Waals surface area contributed by atoms with Crippen molar-refractivity contribution in [3.05, 3.63) is 36.2 Å². The Bertz CT molecular complexity index is 476. The number of carbonyl (C=O) groups excluding carboxylic acids is 1. The molecule has 0 amide bonds. The minimum atomic E-state index is 0.502. The van der Waals surface area contributed by atoms with E-state index in [0.29, 0.717) is 5.69 Å². The zero-order valence-electron chi connectivity index (χ0n) is 8.93. The molecule has 0 aliphatic heterocycles. The van der Waals surface area contributed by atoms with Crippen molar-refractivity contribution in [2.45, 2.75) is 11.8 Å². The van der Waals surface area contributed by atoms with Crippen LogP contribution in [0.15, 0.2) is 35.4 Å². The van der Waals surface area contributed by atoms with E-state index in [1.165, 1.54) is 11.1 Å². The number of hydrogen-bond donors (Lipinski definition) is 1. The van der Waals surface area contributed by atoms with Crippen molar-refractivity contribution in [3.63, 3.8) is 0 Å². The predicted molar refractivity (Wildman–Crippen MR) is 65.8 cm³/mol. The highest BCUT2D eigenvalue weighted by Gasteiger charge is 2.02. The molecule has 4 heteroatoms. The minimum Gasteiger partial charge on any atom is -0.336 e. The topological polar surface area (TPSA) is 45.8 Å². The zero-order chi connectivity index (χ0) is 11.4. The standard InChI is InChI=1S/C12H12N2OS/c1-2-16-11-5-3-9(4-6-11)12-13-7-10(8-15)14-12/h3-8H,2H2,1H3,(H,13,14). The number of nitrogens with one attached hydrogen (secondary N) is 1. The van der Waals surface area contributed by atoms with Crippen molar-refractivity contribution in [1.82, 2.24) is 9.97 Å². The van der Waals surface area contributed by atoms with Crippen LogP contribution in [0.3, 0.4) is 0 Å². The van der Waals surface area contributed by atoms with Crippen LogP contribution in [0.1, 0.15) is 17.4 Å². The fourth-order valence-corrected chi connectivity index (χ4v) is 2.08. The molecule has 0 atom stereocenters. The van der Waals surface area contributed by atoms with Crippen LogP contribution in [0, 0.1) is 0 Å². The lowest BCUT2D eigenvalue weighted by Gasteiger charge is -2.00. The summed E-state index contributed by atoms with van der Waals surface area (Å²) in [5.41, 5.74) is 1.50. The SMILES string of the molecule is CCSc1ccc(-c2ncc(C=O)[nH]2)cc1. The number of imidazole rings is 1. The average Bonchev–Trinajstić information content (AvgIpc) is 2.79. The van der Waals surface area contributed by atoms with Crippen molar-refractivity contribution in [3.8, 4) is 11.4 Å². The summed E-state index contributed by atoms with van der Waals surface area (Å²) in [6, 6.07) is 8.13. The number of benzene rings is 1. The molecule has 16 heavy (non-hydrogen) atoms. The molecule has 0 spiro atoms. The van der Waals surface area contributed by atoms with E-state index in [0.717, 1.165) is 23.4 Å². The van der Waals surface area contributed by atoms with Gasteiger partial charge in [0.1, 0.15) is 5.82 Å². The number of nitrogens with zero attached hydrogens (tertiary/aromatic N) is 1. The van der Waals surface area contributed by atoms with E-state index in [9.17, 15) is 4.79 Å². The third-order valence-corrected chi connectivity index (χ3v) is 3.06. The molecule has 0 fully saturated rings. The van der Waals surface area contributed by atoms with Gasteiger partial charge in [-0.25, -0.2) is 4.98 Å². The molecule has 3 nitrogen and oxygen atoms in total. The third-order valence-electron chi connectivity index (χ3n) is 2.16. The maximum absolute atomic E-state index is 10.5. The van der Waals surface area contributed by atoms with Crippen molar-refractivity contribution < 1.29 is 4.79 Å². The van der Waals surface area contributed by atoms with Gasteiger partial charge in [0, 0.05) is 10.5 Å². The molecule has 1 heterocycles. The first-order valence-electron chi connectivity index (χ1n) is 5.07. The normalized spacial score (nSPS) is 10.3. The summed E-state index contributed by atoms with van der Waals surface area (Å²) in [4.78, 5) is 18.8. The van der Waals surface area contributed by atoms with E-state index in [1.807, 2.05) is 12.1 Å². The van der Waals surface area contributed by atoms with E-state index in [4.69, 9.17) is 0 Å². The molecular weight excluding hydrogens is 220 g/mol. The molecule has 0 aliphatic carbocycles. The lowest BCUT2D eigenvalue weighted by molar-refractivity contribution is 0.111. The first kappa shape index (κ1) is 11.0. The summed E-state index contributed by atoms with van der Waals surface area (Å²) in [6.07, 6.45) is 2.30. The molecule has 0 saturated carbocycles. The Balaban J connectivity index is 2.23. The summed E-state index contributed by atoms with van der Waals surface area (Å²) in [5, 5.41) is 0. The number of H-pyrrole nitrogens is 1. The Morgan fingerprint density at radius 1 is 1.38 bits per heavy atom. The van der Waals surface area contributed by atoms with Crippen LogP contribution >= 0.6 is 11.8 Å². The smallest absolute Gasteiger partial charge is 0.167 e. The van der Waals surface area contributed by atoms with Gasteiger partial charge in [-0.05, 0) is 17.9 Å². The highest BCUT2D eigenvalue weighted by molar-refractivity contribution is 7.99. The molecule has 0 radical (unpaired) electrons. The zero-order valence-corrected chi connectivity index (χ0v) is 9.75. The van der Waals surface area contributed by atoms with Gasteiger partial charge >= 0.3 is 0 Å². The van der Waals surface area contributed by atoms with Crippen LogP contribution in [-0.4, -0.2) is 22.0 Å². The number of aromatic nitrogens is 2. The average molecular weight is 232 g/mol. The van der Waals surface area contributed by atoms with Crippen molar-refractivity contribution in [2.75, 3.05) is 5.75 Å². The first-order valence-corrected chi connectivity index (χ1v) is 6.05. The van der Waals surface area contributed by atoms with E-state index in [2.05, 4.69) is 29.0 Å². The summed E-state index contributed by atoms with van der Waals surface area (Å²) in [7, 11) is 0. The van der Waals surface area contributed by atoms with Crippen LogP contribution < -0.4 is 0 Å². The fourth-order valence-electron chi connectivity index (χ4n) is 1.42. The number of aromatic amines is 1. The van der Waals surface area contributed by atoms with E-state index in [1.54, 1.807) is 11.8 Å². The molecular formula is C12H12N2OS. The van der Waals surface area contributed by atoms with Crippen LogP contribution in [0.2, 0.25) is 0 Å². The second kappa shape index (κ2) is 4.99. The molecule has 82 valence electrons. The number of rotatable bonds is 4. The van der Waals surface area contributed by atoms with Gasteiger partial charge in [-0.2, -0.15) is 0 Å². The number of hydrogen-bond acceptors (Lipinski definition) is 3. The fraction of sp³-hybridized carbons (Fsp3) is 0.167. The largest absolute Gasteiger partial charge is 0.336 e. The lowest BCUT2D eigenvalue weighted by atomic mass is 10.2. The van der Waals surface area contributed by atoms with Gasteiger partial charge in [-0.15, -0.1) is 11.8 Å². The Labute approximate surface area is 98.3 Å². The maximum Gasteiger partial charge on any atom is 0.167 e. The molecule has 1 aromatic carbocycles. The van der Waals surface area contributed by atoms with Crippen LogP contribution in [0.5, 0.6) is 0 Å². The molecule has 0 saturated heterocycles. The van der Waals surface area contributed by atoms with Crippen molar-refractivity contribution in [2.24, 2.45) is 0 Å². The van der Waals surface area contributed by atoms with Gasteiger partial charge in [-0.1, -0.05) is 19.1 Å². The molecule has 2 rings (SSSR count). The first-order chi connectivity index (χ1) is 7.83. The Kier molecular flexibility index (Phi) is 3.41. The van der Waals surface area contributed by atoms with E-state index < -0.39 is 0 Å². The van der Waals surface area contributed by atoms with Crippen molar-refractivity contribution >= 4 is 18.0 Å². The Hall–Kier alpha value is -1.55. The van der Waals surface area contributed by atoms with Gasteiger partial charge in [0.15, 0.2) is 6.29 Å². The molecule has 0 bridgehead atoms. The highest BCUT2D eigenvalue weighted by Crippen LogP contribution is 2.22. The van der Waals surface area contributed by atoms with E-state index >= 15 is 0 Å². The van der Waals surface area contributed by atoms with Crippen LogP contribution in [0.4, 0.5) is 0 Å². The molecule has 1 N–H and O–H groups in total. The Morgan fingerprint density at radius 2 is 2.12 bits per heavy atom. The summed E-state index contributed by atoms with van der Waals surface area (Å²) in [5.74, 6) is 1.80. The number of thioether (sulfide) groups is 1. The van der Waals surface area contributed by atoms with Crippen LogP contribution in [0.25, 0.3) is 11.4 Å². The summed E-state index contributed by atoms with van der Waals surface area (Å²) < 4.78 is 0. The maximum atomic E-state index is 10.5. The number of carbonyl (C=O) groups is 1. The number of aldehydes is 1. The monoisotopic (exact) mass is 232 g/mol. The van der Waals surface area contributed by atoms with Crippen molar-refractivity contribution in [1.29, 1.82) is 0 Å². The second-order valence-corrected chi connectivity index (χ2v) is 4.60. The Morgan fingerprint density at radius 3 is 2.69 bits per heavy atom. The summed E-state index contributed by atoms with van der Waals surface area (Å²) in [6.45, 7) is 2.13. The predicted octanol–water partition coefficient (Wildman–Crippen LogP) is 3.00. The van der Waals surface area contributed by atoms with Gasteiger partial charge < -0.3 is 4.98 Å². The minimum absolute atomic E-state index is 0.502. The quantitative estimate of drug-likeness (QED) is 0.651. The van der Waals surface area contributed by atoms with Gasteiger partial charge in [0.25, 0.3) is 0 Å².